The lowest BCUT2D eigenvalue weighted by Crippen LogP contribution is -2.46. The Kier molecular flexibility index (Phi) is 6.47. The number of hydrogen-bond donors (Lipinski definition) is 6. The average Bonchev–Trinajstić information content (AvgIpc) is 3.04. The molecule has 0 saturated heterocycles. The molecule has 0 radical (unpaired) electrons. The lowest BCUT2D eigenvalue weighted by Gasteiger charge is -2.16. The number of aromatic amines is 1. The van der Waals surface area contributed by atoms with Crippen LogP contribution in [-0.2, 0) is 0 Å². The summed E-state index contributed by atoms with van der Waals surface area (Å²) < 4.78 is 0. The molecule has 0 saturated carbocycles. The summed E-state index contributed by atoms with van der Waals surface area (Å²) in [5.41, 5.74) is 5.73. The van der Waals surface area contributed by atoms with E-state index < -0.39 is 30.5 Å². The molecule has 0 bridgehead atoms. The summed E-state index contributed by atoms with van der Waals surface area (Å²) in [5, 5.41) is 18.1. The molecular weight excluding hydrogens is 362 g/mol. The molecule has 0 fully saturated rings. The fraction of sp³-hybridized carbons (Fsp3) is 0.200. The first-order valence-electron chi connectivity index (χ1n) is 7.43. The highest BCUT2D eigenvalue weighted by atomic mass is 32.1. The van der Waals surface area contributed by atoms with Crippen molar-refractivity contribution in [2.45, 2.75) is 6.04 Å². The maximum Gasteiger partial charge on any atom is 0.316 e. The molecule has 11 heteroatoms. The van der Waals surface area contributed by atoms with E-state index in [9.17, 15) is 24.3 Å². The van der Waals surface area contributed by atoms with Crippen molar-refractivity contribution in [2.75, 3.05) is 18.5 Å². The molecule has 1 aromatic carbocycles. The number of urea groups is 1. The Balaban J connectivity index is 1.93. The van der Waals surface area contributed by atoms with Gasteiger partial charge < -0.3 is 31.8 Å². The van der Waals surface area contributed by atoms with E-state index in [1.165, 1.54) is 17.5 Å². The third-order valence-corrected chi connectivity index (χ3v) is 3.89. The second-order valence-corrected chi connectivity index (χ2v) is 6.04. The number of hydrogen-bond acceptors (Lipinski definition) is 6. The van der Waals surface area contributed by atoms with Crippen molar-refractivity contribution in [3.05, 3.63) is 50.6 Å². The molecule has 2 rings (SSSR count). The van der Waals surface area contributed by atoms with Crippen LogP contribution in [0.3, 0.4) is 0 Å². The average molecular weight is 379 g/mol. The molecule has 10 nitrogen and oxygen atoms in total. The number of anilines is 1. The molecule has 0 aliphatic rings. The number of benzene rings is 1. The number of nitrogens with one attached hydrogen (secondary N) is 4. The number of rotatable bonds is 7. The van der Waals surface area contributed by atoms with Crippen LogP contribution in [0, 0.1) is 0 Å². The van der Waals surface area contributed by atoms with Gasteiger partial charge in [-0.3, -0.25) is 14.4 Å². The summed E-state index contributed by atoms with van der Waals surface area (Å²) in [7, 11) is 0. The van der Waals surface area contributed by atoms with Gasteiger partial charge in [0.2, 0.25) is 0 Å². The Morgan fingerprint density at radius 3 is 2.65 bits per heavy atom. The van der Waals surface area contributed by atoms with E-state index in [2.05, 4.69) is 20.9 Å². The Morgan fingerprint density at radius 2 is 2.04 bits per heavy atom. The summed E-state index contributed by atoms with van der Waals surface area (Å²) in [4.78, 5) is 48.0. The molecule has 7 N–H and O–H groups in total. The molecule has 4 amide bonds. The van der Waals surface area contributed by atoms with Gasteiger partial charge in [0.1, 0.15) is 5.69 Å². The van der Waals surface area contributed by atoms with Crippen LogP contribution < -0.4 is 26.6 Å². The number of aromatic nitrogens is 1. The summed E-state index contributed by atoms with van der Waals surface area (Å²) in [6, 6.07) is 4.60. The molecule has 26 heavy (non-hydrogen) atoms. The van der Waals surface area contributed by atoms with Crippen LogP contribution in [0.15, 0.2) is 34.4 Å². The molecule has 0 aliphatic heterocycles. The fourth-order valence-corrected chi connectivity index (χ4v) is 2.57. The molecule has 2 aromatic rings. The Labute approximate surface area is 151 Å². The highest BCUT2D eigenvalue weighted by Crippen LogP contribution is 2.10. The number of nitrogens with two attached hydrogens (primary N) is 1. The highest BCUT2D eigenvalue weighted by molar-refractivity contribution is 7.07. The Bertz CT molecular complexity index is 862. The highest BCUT2D eigenvalue weighted by Gasteiger charge is 2.16. The molecule has 138 valence electrons. The number of aliphatic hydroxyl groups excluding tert-OH is 1. The standard InChI is InChI=1S/C15H17N5O5S/c16-14(24)19-9-3-1-2-8(4-9)12(22)17-5-10(6-21)18-13(23)11-7-26-15(25)20-11/h1-4,7,10,21H,5-6H2,(H,17,22)(H,18,23)(H,20,25)(H3,16,19,24). The van der Waals surface area contributed by atoms with Crippen LogP contribution >= 0.6 is 11.3 Å². The molecule has 1 heterocycles. The zero-order chi connectivity index (χ0) is 19.1. The number of aliphatic hydroxyl groups is 1. The number of carbonyl (C=O) groups is 3. The normalized spacial score (nSPS) is 11.4. The second-order valence-electron chi connectivity index (χ2n) is 5.19. The fourth-order valence-electron chi connectivity index (χ4n) is 2.01. The van der Waals surface area contributed by atoms with Gasteiger partial charge in [-0.25, -0.2) is 4.79 Å². The van der Waals surface area contributed by atoms with Gasteiger partial charge in [-0.1, -0.05) is 17.4 Å². The molecule has 1 atom stereocenters. The molecule has 0 spiro atoms. The maximum absolute atomic E-state index is 12.2. The van der Waals surface area contributed by atoms with Gasteiger partial charge in [-0.2, -0.15) is 0 Å². The summed E-state index contributed by atoms with van der Waals surface area (Å²) in [6.45, 7) is -0.452. The number of primary amides is 1. The third-order valence-electron chi connectivity index (χ3n) is 3.22. The minimum atomic E-state index is -0.753. The van der Waals surface area contributed by atoms with Crippen molar-refractivity contribution in [1.82, 2.24) is 15.6 Å². The molecule has 0 aliphatic carbocycles. The van der Waals surface area contributed by atoms with E-state index in [1.807, 2.05) is 0 Å². The van der Waals surface area contributed by atoms with Crippen LogP contribution in [-0.4, -0.2) is 47.1 Å². The number of H-pyrrole nitrogens is 1. The number of amides is 4. The minimum Gasteiger partial charge on any atom is -0.394 e. The van der Waals surface area contributed by atoms with Crippen molar-refractivity contribution in [3.63, 3.8) is 0 Å². The predicted octanol–water partition coefficient (Wildman–Crippen LogP) is -0.552. The first-order chi connectivity index (χ1) is 12.4. The van der Waals surface area contributed by atoms with E-state index in [-0.39, 0.29) is 22.7 Å². The van der Waals surface area contributed by atoms with E-state index in [4.69, 9.17) is 5.73 Å². The van der Waals surface area contributed by atoms with Crippen molar-refractivity contribution >= 4 is 34.9 Å². The van der Waals surface area contributed by atoms with Crippen molar-refractivity contribution in [1.29, 1.82) is 0 Å². The van der Waals surface area contributed by atoms with Gasteiger partial charge in [0.25, 0.3) is 11.8 Å². The Hall–Kier alpha value is -3.18. The van der Waals surface area contributed by atoms with Gasteiger partial charge in [0, 0.05) is 23.2 Å². The quantitative estimate of drug-likeness (QED) is 0.379. The van der Waals surface area contributed by atoms with Crippen LogP contribution in [0.1, 0.15) is 20.8 Å². The van der Waals surface area contributed by atoms with Gasteiger partial charge in [-0.05, 0) is 18.2 Å². The number of carbonyl (C=O) groups excluding carboxylic acids is 3. The summed E-state index contributed by atoms with van der Waals surface area (Å²) >= 11 is 0.845. The first-order valence-corrected chi connectivity index (χ1v) is 8.31. The van der Waals surface area contributed by atoms with E-state index >= 15 is 0 Å². The first kappa shape index (κ1) is 19.1. The predicted molar refractivity (Wildman–Crippen MR) is 95.3 cm³/mol. The third kappa shape index (κ3) is 5.43. The van der Waals surface area contributed by atoms with Crippen LogP contribution in [0.2, 0.25) is 0 Å². The van der Waals surface area contributed by atoms with E-state index in [1.54, 1.807) is 12.1 Å². The van der Waals surface area contributed by atoms with Gasteiger partial charge in [-0.15, -0.1) is 0 Å². The number of thiazole rings is 1. The van der Waals surface area contributed by atoms with E-state index in [0.717, 1.165) is 11.3 Å². The molecule has 1 aromatic heterocycles. The van der Waals surface area contributed by atoms with Gasteiger partial charge in [0.05, 0.1) is 12.6 Å². The zero-order valence-corrected chi connectivity index (χ0v) is 14.3. The van der Waals surface area contributed by atoms with Crippen LogP contribution in [0.5, 0.6) is 0 Å². The lowest BCUT2D eigenvalue weighted by molar-refractivity contribution is 0.0884. The minimum absolute atomic E-state index is 0.0388. The van der Waals surface area contributed by atoms with Crippen LogP contribution in [0.25, 0.3) is 0 Å². The van der Waals surface area contributed by atoms with Crippen LogP contribution in [0.4, 0.5) is 10.5 Å². The largest absolute Gasteiger partial charge is 0.394 e. The van der Waals surface area contributed by atoms with Crippen molar-refractivity contribution < 1.29 is 19.5 Å². The monoisotopic (exact) mass is 379 g/mol. The smallest absolute Gasteiger partial charge is 0.316 e. The maximum atomic E-state index is 12.2. The van der Waals surface area contributed by atoms with Gasteiger partial charge >= 0.3 is 10.9 Å². The van der Waals surface area contributed by atoms with Crippen molar-refractivity contribution in [2.24, 2.45) is 5.73 Å². The zero-order valence-electron chi connectivity index (χ0n) is 13.4. The summed E-state index contributed by atoms with van der Waals surface area (Å²) in [6.07, 6.45) is 0. The van der Waals surface area contributed by atoms with Crippen molar-refractivity contribution in [3.8, 4) is 0 Å². The van der Waals surface area contributed by atoms with Gasteiger partial charge in [0.15, 0.2) is 0 Å². The second kappa shape index (κ2) is 8.78. The lowest BCUT2D eigenvalue weighted by atomic mass is 10.2. The topological polar surface area (TPSA) is 166 Å². The summed E-state index contributed by atoms with van der Waals surface area (Å²) in [5.74, 6) is -1.03. The SMILES string of the molecule is NC(=O)Nc1cccc(C(=O)NCC(CO)NC(=O)c2csc(=O)[nH]2)c1. The Morgan fingerprint density at radius 1 is 1.27 bits per heavy atom. The van der Waals surface area contributed by atoms with E-state index in [0.29, 0.717) is 5.69 Å². The molecular formula is C15H17N5O5S. The molecule has 1 unspecified atom stereocenters.